The fraction of sp³-hybridized carbons (Fsp3) is 0.600. The first-order chi connectivity index (χ1) is 12.0. The maximum atomic E-state index is 12.8. The summed E-state index contributed by atoms with van der Waals surface area (Å²) in [5.74, 6) is 0.871. The summed E-state index contributed by atoms with van der Waals surface area (Å²) in [5.41, 5.74) is 3.92. The van der Waals surface area contributed by atoms with Crippen LogP contribution in [-0.2, 0) is 4.79 Å². The van der Waals surface area contributed by atoms with Crippen molar-refractivity contribution in [1.29, 1.82) is 0 Å². The number of nitrogens with one attached hydrogen (secondary N) is 1. The summed E-state index contributed by atoms with van der Waals surface area (Å²) in [6.45, 7) is 7.37. The molecule has 1 aromatic rings. The van der Waals surface area contributed by atoms with Crippen LogP contribution < -0.4 is 5.32 Å². The lowest BCUT2D eigenvalue weighted by atomic mass is 10.0. The molecule has 3 aliphatic rings. The standard InChI is InChI=1S/C20H27N3O2/c1-13-3-4-15(11-14(13)2)17-12-18(17)19(24)22-8-5-16(6-9-22)23-10-7-21-20(23)25/h3-4,11,16-18H,5-10,12H2,1-2H3,(H,21,25). The fourth-order valence-electron chi connectivity index (χ4n) is 4.30. The maximum Gasteiger partial charge on any atom is 0.317 e. The van der Waals surface area contributed by atoms with Crippen LogP contribution in [0.4, 0.5) is 4.79 Å². The third-order valence-electron chi connectivity index (χ3n) is 6.17. The van der Waals surface area contributed by atoms with Gasteiger partial charge in [-0.25, -0.2) is 4.79 Å². The van der Waals surface area contributed by atoms with Crippen molar-refractivity contribution in [3.05, 3.63) is 34.9 Å². The van der Waals surface area contributed by atoms with Crippen molar-refractivity contribution >= 4 is 11.9 Å². The van der Waals surface area contributed by atoms with Crippen LogP contribution >= 0.6 is 0 Å². The Morgan fingerprint density at radius 2 is 1.88 bits per heavy atom. The summed E-state index contributed by atoms with van der Waals surface area (Å²) < 4.78 is 0. The highest BCUT2D eigenvalue weighted by Gasteiger charge is 2.46. The average Bonchev–Trinajstić information content (AvgIpc) is 3.31. The van der Waals surface area contributed by atoms with Gasteiger partial charge in [0.1, 0.15) is 0 Å². The maximum absolute atomic E-state index is 12.8. The van der Waals surface area contributed by atoms with Crippen LogP contribution in [0, 0.1) is 19.8 Å². The van der Waals surface area contributed by atoms with Crippen molar-refractivity contribution < 1.29 is 9.59 Å². The lowest BCUT2D eigenvalue weighted by Crippen LogP contribution is -2.48. The molecular formula is C20H27N3O2. The van der Waals surface area contributed by atoms with Crippen molar-refractivity contribution in [3.63, 3.8) is 0 Å². The predicted octanol–water partition coefficient (Wildman–Crippen LogP) is 2.42. The topological polar surface area (TPSA) is 52.7 Å². The monoisotopic (exact) mass is 341 g/mol. The molecule has 1 N–H and O–H groups in total. The summed E-state index contributed by atoms with van der Waals surface area (Å²) in [6.07, 6.45) is 2.79. The highest BCUT2D eigenvalue weighted by Crippen LogP contribution is 2.49. The number of carbonyl (C=O) groups is 2. The molecule has 2 aliphatic heterocycles. The third-order valence-corrected chi connectivity index (χ3v) is 6.17. The molecule has 0 aromatic heterocycles. The molecule has 0 bridgehead atoms. The van der Waals surface area contributed by atoms with E-state index in [0.29, 0.717) is 17.9 Å². The lowest BCUT2D eigenvalue weighted by Gasteiger charge is -2.36. The average molecular weight is 341 g/mol. The highest BCUT2D eigenvalue weighted by atomic mass is 16.2. The molecule has 2 heterocycles. The number of likely N-dealkylation sites (tertiary alicyclic amines) is 1. The molecule has 0 radical (unpaired) electrons. The van der Waals surface area contributed by atoms with Gasteiger partial charge in [0.05, 0.1) is 0 Å². The Hall–Kier alpha value is -2.04. The molecule has 5 heteroatoms. The van der Waals surface area contributed by atoms with Gasteiger partial charge in [-0.1, -0.05) is 18.2 Å². The lowest BCUT2D eigenvalue weighted by molar-refractivity contribution is -0.134. The zero-order chi connectivity index (χ0) is 17.6. The minimum atomic E-state index is 0.0572. The fourth-order valence-corrected chi connectivity index (χ4v) is 4.30. The summed E-state index contributed by atoms with van der Waals surface area (Å²) in [5, 5.41) is 2.87. The van der Waals surface area contributed by atoms with Crippen molar-refractivity contribution in [2.75, 3.05) is 26.2 Å². The largest absolute Gasteiger partial charge is 0.342 e. The van der Waals surface area contributed by atoms with Gasteiger partial charge < -0.3 is 15.1 Å². The van der Waals surface area contributed by atoms with Crippen molar-refractivity contribution in [2.45, 2.75) is 45.1 Å². The van der Waals surface area contributed by atoms with Gasteiger partial charge in [0, 0.05) is 38.1 Å². The second-order valence-electron chi connectivity index (χ2n) is 7.77. The number of benzene rings is 1. The van der Waals surface area contributed by atoms with Gasteiger partial charge in [-0.3, -0.25) is 4.79 Å². The number of urea groups is 1. The number of hydrogen-bond acceptors (Lipinski definition) is 2. The first-order valence-corrected chi connectivity index (χ1v) is 9.45. The van der Waals surface area contributed by atoms with Crippen LogP contribution in [0.5, 0.6) is 0 Å². The quantitative estimate of drug-likeness (QED) is 0.918. The molecule has 3 amide bonds. The molecule has 1 aromatic carbocycles. The van der Waals surface area contributed by atoms with Crippen LogP contribution in [0.1, 0.15) is 41.9 Å². The second kappa shape index (κ2) is 6.36. The zero-order valence-electron chi connectivity index (χ0n) is 15.1. The van der Waals surface area contributed by atoms with E-state index < -0.39 is 0 Å². The molecule has 1 aliphatic carbocycles. The van der Waals surface area contributed by atoms with Crippen LogP contribution in [0.3, 0.4) is 0 Å². The van der Waals surface area contributed by atoms with Gasteiger partial charge >= 0.3 is 6.03 Å². The van der Waals surface area contributed by atoms with Crippen molar-refractivity contribution in [1.82, 2.24) is 15.1 Å². The van der Waals surface area contributed by atoms with E-state index in [1.807, 2.05) is 9.80 Å². The van der Waals surface area contributed by atoms with Crippen LogP contribution in [0.25, 0.3) is 0 Å². The number of amides is 3. The zero-order valence-corrected chi connectivity index (χ0v) is 15.1. The molecule has 1 saturated carbocycles. The molecule has 2 unspecified atom stereocenters. The number of aryl methyl sites for hydroxylation is 2. The summed E-state index contributed by atoms with van der Waals surface area (Å²) >= 11 is 0. The molecule has 3 fully saturated rings. The number of carbonyl (C=O) groups excluding carboxylic acids is 2. The molecule has 25 heavy (non-hydrogen) atoms. The number of hydrogen-bond donors (Lipinski definition) is 1. The Bertz CT molecular complexity index is 694. The number of rotatable bonds is 3. The van der Waals surface area contributed by atoms with E-state index in [1.54, 1.807) is 0 Å². The molecule has 134 valence electrons. The van der Waals surface area contributed by atoms with E-state index in [-0.39, 0.29) is 11.9 Å². The van der Waals surface area contributed by atoms with E-state index in [2.05, 4.69) is 37.4 Å². The summed E-state index contributed by atoms with van der Waals surface area (Å²) in [7, 11) is 0. The number of nitrogens with zero attached hydrogens (tertiary/aromatic N) is 2. The Morgan fingerprint density at radius 1 is 1.12 bits per heavy atom. The minimum absolute atomic E-state index is 0.0572. The Labute approximate surface area is 149 Å². The van der Waals surface area contributed by atoms with Gasteiger partial charge in [-0.05, 0) is 55.7 Å². The molecule has 4 rings (SSSR count). The van der Waals surface area contributed by atoms with Gasteiger partial charge in [-0.2, -0.15) is 0 Å². The molecule has 2 atom stereocenters. The smallest absolute Gasteiger partial charge is 0.317 e. The minimum Gasteiger partial charge on any atom is -0.342 e. The SMILES string of the molecule is Cc1ccc(C2CC2C(=O)N2CCC(N3CCNC3=O)CC2)cc1C. The van der Waals surface area contributed by atoms with Crippen LogP contribution in [0.15, 0.2) is 18.2 Å². The van der Waals surface area contributed by atoms with Gasteiger partial charge in [0.2, 0.25) is 5.91 Å². The Morgan fingerprint density at radius 3 is 2.52 bits per heavy atom. The first-order valence-electron chi connectivity index (χ1n) is 9.45. The van der Waals surface area contributed by atoms with E-state index in [0.717, 1.165) is 45.4 Å². The van der Waals surface area contributed by atoms with Crippen LogP contribution in [0.2, 0.25) is 0 Å². The van der Waals surface area contributed by atoms with Crippen LogP contribution in [-0.4, -0.2) is 54.0 Å². The van der Waals surface area contributed by atoms with Crippen molar-refractivity contribution in [3.8, 4) is 0 Å². The predicted molar refractivity (Wildman–Crippen MR) is 96.5 cm³/mol. The summed E-state index contributed by atoms with van der Waals surface area (Å²) in [4.78, 5) is 28.6. The summed E-state index contributed by atoms with van der Waals surface area (Å²) in [6, 6.07) is 6.93. The molecule has 2 saturated heterocycles. The number of piperidine rings is 1. The second-order valence-corrected chi connectivity index (χ2v) is 7.77. The first kappa shape index (κ1) is 16.4. The van der Waals surface area contributed by atoms with E-state index in [4.69, 9.17) is 0 Å². The van der Waals surface area contributed by atoms with E-state index in [9.17, 15) is 9.59 Å². The van der Waals surface area contributed by atoms with Gasteiger partial charge in [0.25, 0.3) is 0 Å². The molecule has 0 spiro atoms. The Balaban J connectivity index is 1.32. The van der Waals surface area contributed by atoms with Gasteiger partial charge in [0.15, 0.2) is 0 Å². The molecule has 5 nitrogen and oxygen atoms in total. The molecular weight excluding hydrogens is 314 g/mol. The Kier molecular flexibility index (Phi) is 4.18. The van der Waals surface area contributed by atoms with E-state index in [1.165, 1.54) is 16.7 Å². The third kappa shape index (κ3) is 3.12. The van der Waals surface area contributed by atoms with E-state index >= 15 is 0 Å². The van der Waals surface area contributed by atoms with Crippen molar-refractivity contribution in [2.24, 2.45) is 5.92 Å². The normalized spacial score (nSPS) is 26.7. The highest BCUT2D eigenvalue weighted by molar-refractivity contribution is 5.83. The van der Waals surface area contributed by atoms with Gasteiger partial charge in [-0.15, -0.1) is 0 Å².